The van der Waals surface area contributed by atoms with Gasteiger partial charge in [0.05, 0.1) is 0 Å². The number of nitrogens with one attached hydrogen (secondary N) is 1. The molecule has 102 valence electrons. The van der Waals surface area contributed by atoms with Crippen LogP contribution in [0.3, 0.4) is 0 Å². The number of hydrogen-bond donors (Lipinski definition) is 1. The summed E-state index contributed by atoms with van der Waals surface area (Å²) in [5.41, 5.74) is 0.496. The molecule has 0 aliphatic carbocycles. The van der Waals surface area contributed by atoms with Crippen molar-refractivity contribution in [2.24, 2.45) is 11.3 Å². The fourth-order valence-electron chi connectivity index (χ4n) is 2.82. The van der Waals surface area contributed by atoms with Crippen LogP contribution in [-0.4, -0.2) is 37.1 Å². The third-order valence-corrected chi connectivity index (χ3v) is 4.24. The second kappa shape index (κ2) is 6.75. The molecule has 1 saturated heterocycles. The molecule has 0 radical (unpaired) electrons. The van der Waals surface area contributed by atoms with Crippen LogP contribution in [0.4, 0.5) is 0 Å². The Bertz CT molecular complexity index is 199. The average Bonchev–Trinajstić information content (AvgIpc) is 2.28. The zero-order valence-electron chi connectivity index (χ0n) is 12.6. The summed E-state index contributed by atoms with van der Waals surface area (Å²) in [6.07, 6.45) is 3.99. The van der Waals surface area contributed by atoms with Gasteiger partial charge in [-0.05, 0) is 57.2 Å². The van der Waals surface area contributed by atoms with Gasteiger partial charge in [-0.15, -0.1) is 0 Å². The fraction of sp³-hybridized carbons (Fsp3) is 1.00. The van der Waals surface area contributed by atoms with E-state index in [1.807, 2.05) is 0 Å². The van der Waals surface area contributed by atoms with E-state index in [0.29, 0.717) is 11.5 Å². The van der Waals surface area contributed by atoms with Crippen LogP contribution in [0.5, 0.6) is 0 Å². The minimum absolute atomic E-state index is 0.496. The second-order valence-electron chi connectivity index (χ2n) is 6.73. The number of rotatable bonds is 5. The van der Waals surface area contributed by atoms with Gasteiger partial charge in [0.15, 0.2) is 0 Å². The van der Waals surface area contributed by atoms with Gasteiger partial charge in [-0.25, -0.2) is 0 Å². The maximum Gasteiger partial charge on any atom is 0.0192 e. The van der Waals surface area contributed by atoms with E-state index in [0.717, 1.165) is 19.0 Å². The molecular formula is C15H32N2. The molecule has 2 heteroatoms. The van der Waals surface area contributed by atoms with Crippen molar-refractivity contribution in [2.45, 2.75) is 59.9 Å². The molecule has 1 heterocycles. The quantitative estimate of drug-likeness (QED) is 0.743. The highest BCUT2D eigenvalue weighted by Gasteiger charge is 2.29. The summed E-state index contributed by atoms with van der Waals surface area (Å²) >= 11 is 0. The highest BCUT2D eigenvalue weighted by Crippen LogP contribution is 2.34. The number of likely N-dealkylation sites (tertiary alicyclic amines) is 1. The number of nitrogens with zero attached hydrogens (tertiary/aromatic N) is 1. The van der Waals surface area contributed by atoms with E-state index in [-0.39, 0.29) is 0 Å². The Morgan fingerprint density at radius 1 is 1.24 bits per heavy atom. The Kier molecular flexibility index (Phi) is 5.94. The van der Waals surface area contributed by atoms with Crippen molar-refractivity contribution in [1.82, 2.24) is 10.2 Å². The highest BCUT2D eigenvalue weighted by molar-refractivity contribution is 4.83. The van der Waals surface area contributed by atoms with E-state index in [1.54, 1.807) is 0 Å². The minimum atomic E-state index is 0.496. The summed E-state index contributed by atoms with van der Waals surface area (Å²) in [6, 6.07) is 0.697. The van der Waals surface area contributed by atoms with Crippen LogP contribution in [0.2, 0.25) is 0 Å². The summed E-state index contributed by atoms with van der Waals surface area (Å²) in [4.78, 5) is 2.66. The lowest BCUT2D eigenvalue weighted by Crippen LogP contribution is -2.46. The molecule has 2 nitrogen and oxygen atoms in total. The molecule has 0 aromatic rings. The molecule has 17 heavy (non-hydrogen) atoms. The normalized spacial score (nSPS) is 21.7. The molecule has 1 fully saturated rings. The largest absolute Gasteiger partial charge is 0.315 e. The molecule has 0 amide bonds. The predicted molar refractivity (Wildman–Crippen MR) is 76.4 cm³/mol. The first-order valence-electron chi connectivity index (χ1n) is 7.40. The Morgan fingerprint density at radius 2 is 1.82 bits per heavy atom. The van der Waals surface area contributed by atoms with Crippen LogP contribution in [-0.2, 0) is 0 Å². The van der Waals surface area contributed by atoms with Gasteiger partial charge in [-0.2, -0.15) is 0 Å². The van der Waals surface area contributed by atoms with Crippen molar-refractivity contribution in [3.05, 3.63) is 0 Å². The predicted octanol–water partition coefficient (Wildman–Crippen LogP) is 3.13. The van der Waals surface area contributed by atoms with Gasteiger partial charge in [0, 0.05) is 12.6 Å². The maximum atomic E-state index is 3.53. The Balaban J connectivity index is 2.26. The first-order chi connectivity index (χ1) is 7.95. The standard InChI is InChI=1S/C15H32N2/c1-6-9-16-12-13(2)17-10-7-14(8-11-17)15(3,4)5/h13-14,16H,6-12H2,1-5H3. The zero-order chi connectivity index (χ0) is 12.9. The van der Waals surface area contributed by atoms with E-state index in [9.17, 15) is 0 Å². The first-order valence-corrected chi connectivity index (χ1v) is 7.40. The summed E-state index contributed by atoms with van der Waals surface area (Å²) in [6.45, 7) is 16.6. The summed E-state index contributed by atoms with van der Waals surface area (Å²) in [5, 5.41) is 3.53. The van der Waals surface area contributed by atoms with Crippen LogP contribution in [0.1, 0.15) is 53.9 Å². The molecule has 0 saturated carbocycles. The third kappa shape index (κ3) is 4.97. The molecule has 1 aliphatic rings. The topological polar surface area (TPSA) is 15.3 Å². The van der Waals surface area contributed by atoms with Crippen molar-refractivity contribution >= 4 is 0 Å². The lowest BCUT2D eigenvalue weighted by molar-refractivity contribution is 0.0875. The van der Waals surface area contributed by atoms with Crippen LogP contribution in [0.15, 0.2) is 0 Å². The third-order valence-electron chi connectivity index (χ3n) is 4.24. The van der Waals surface area contributed by atoms with Gasteiger partial charge in [0.25, 0.3) is 0 Å². The van der Waals surface area contributed by atoms with Crippen LogP contribution in [0.25, 0.3) is 0 Å². The zero-order valence-corrected chi connectivity index (χ0v) is 12.6. The molecule has 1 rings (SSSR count). The molecule has 1 unspecified atom stereocenters. The second-order valence-corrected chi connectivity index (χ2v) is 6.73. The lowest BCUT2D eigenvalue weighted by atomic mass is 9.75. The van der Waals surface area contributed by atoms with Crippen molar-refractivity contribution in [3.63, 3.8) is 0 Å². The molecule has 0 aromatic carbocycles. The van der Waals surface area contributed by atoms with E-state index in [4.69, 9.17) is 0 Å². The minimum Gasteiger partial charge on any atom is -0.315 e. The van der Waals surface area contributed by atoms with Crippen LogP contribution in [0, 0.1) is 11.3 Å². The van der Waals surface area contributed by atoms with Gasteiger partial charge < -0.3 is 5.32 Å². The smallest absolute Gasteiger partial charge is 0.0192 e. The van der Waals surface area contributed by atoms with Crippen molar-refractivity contribution < 1.29 is 0 Å². The van der Waals surface area contributed by atoms with Crippen LogP contribution < -0.4 is 5.32 Å². The maximum absolute atomic E-state index is 3.53. The molecule has 0 bridgehead atoms. The van der Waals surface area contributed by atoms with E-state index < -0.39 is 0 Å². The summed E-state index contributed by atoms with van der Waals surface area (Å²) < 4.78 is 0. The fourth-order valence-corrected chi connectivity index (χ4v) is 2.82. The number of piperidine rings is 1. The van der Waals surface area contributed by atoms with Crippen molar-refractivity contribution in [3.8, 4) is 0 Å². The molecule has 1 atom stereocenters. The average molecular weight is 240 g/mol. The molecular weight excluding hydrogens is 208 g/mol. The van der Waals surface area contributed by atoms with Gasteiger partial charge in [-0.1, -0.05) is 27.7 Å². The lowest BCUT2D eigenvalue weighted by Gasteiger charge is -2.41. The van der Waals surface area contributed by atoms with Crippen LogP contribution >= 0.6 is 0 Å². The van der Waals surface area contributed by atoms with E-state index >= 15 is 0 Å². The van der Waals surface area contributed by atoms with Gasteiger partial charge in [0.1, 0.15) is 0 Å². The van der Waals surface area contributed by atoms with Crippen molar-refractivity contribution in [1.29, 1.82) is 0 Å². The Morgan fingerprint density at radius 3 is 2.29 bits per heavy atom. The SMILES string of the molecule is CCCNCC(C)N1CCC(C(C)(C)C)CC1. The molecule has 0 aromatic heterocycles. The summed E-state index contributed by atoms with van der Waals surface area (Å²) in [5.74, 6) is 0.912. The van der Waals surface area contributed by atoms with Gasteiger partial charge in [0.2, 0.25) is 0 Å². The van der Waals surface area contributed by atoms with E-state index in [2.05, 4.69) is 44.8 Å². The Labute approximate surface area is 108 Å². The van der Waals surface area contributed by atoms with Gasteiger partial charge >= 0.3 is 0 Å². The molecule has 0 spiro atoms. The van der Waals surface area contributed by atoms with Crippen molar-refractivity contribution in [2.75, 3.05) is 26.2 Å². The summed E-state index contributed by atoms with van der Waals surface area (Å²) in [7, 11) is 0. The molecule has 1 N–H and O–H groups in total. The first kappa shape index (κ1) is 15.0. The van der Waals surface area contributed by atoms with E-state index in [1.165, 1.54) is 32.4 Å². The Hall–Kier alpha value is -0.0800. The number of hydrogen-bond acceptors (Lipinski definition) is 2. The van der Waals surface area contributed by atoms with Gasteiger partial charge in [-0.3, -0.25) is 4.90 Å². The molecule has 1 aliphatic heterocycles. The monoisotopic (exact) mass is 240 g/mol. The highest BCUT2D eigenvalue weighted by atomic mass is 15.2.